The smallest absolute Gasteiger partial charge is 0.257 e. The van der Waals surface area contributed by atoms with E-state index in [-0.39, 0.29) is 12.7 Å². The Kier molecular flexibility index (Phi) is 5.95. The molecule has 1 aromatic heterocycles. The Labute approximate surface area is 139 Å². The second-order valence-electron chi connectivity index (χ2n) is 5.09. The molecule has 7 heteroatoms. The van der Waals surface area contributed by atoms with E-state index in [1.165, 1.54) is 25.6 Å². The molecule has 0 atom stereocenters. The van der Waals surface area contributed by atoms with Crippen LogP contribution in [0.2, 0.25) is 0 Å². The Balaban J connectivity index is 2.12. The zero-order valence-electron chi connectivity index (χ0n) is 13.6. The highest BCUT2D eigenvalue weighted by molar-refractivity contribution is 7.15. The first-order valence-electron chi connectivity index (χ1n) is 7.12. The number of methoxy groups -OCH3 is 2. The van der Waals surface area contributed by atoms with Gasteiger partial charge in [-0.25, -0.2) is 4.98 Å². The Morgan fingerprint density at radius 2 is 2.09 bits per heavy atom. The Morgan fingerprint density at radius 3 is 2.70 bits per heavy atom. The number of benzene rings is 1. The molecule has 2 aromatic rings. The number of nitrogens with zero attached hydrogens (tertiary/aromatic N) is 1. The molecule has 6 nitrogen and oxygen atoms in total. The quantitative estimate of drug-likeness (QED) is 0.784. The SMILES string of the molecule is COCOc1ccc(C(=O)Nc2ncc(C(C)C)s2)cc1OC. The van der Waals surface area contributed by atoms with Crippen molar-refractivity contribution >= 4 is 22.4 Å². The number of rotatable bonds is 7. The second kappa shape index (κ2) is 7.94. The predicted molar refractivity (Wildman–Crippen MR) is 89.7 cm³/mol. The highest BCUT2D eigenvalue weighted by Gasteiger charge is 2.13. The molecule has 0 fully saturated rings. The molecule has 0 saturated carbocycles. The predicted octanol–water partition coefficient (Wildman–Crippen LogP) is 3.51. The van der Waals surface area contributed by atoms with E-state index in [0.29, 0.717) is 28.1 Å². The van der Waals surface area contributed by atoms with Gasteiger partial charge in [0, 0.05) is 23.7 Å². The first kappa shape index (κ1) is 17.2. The number of hydrogen-bond acceptors (Lipinski definition) is 6. The lowest BCUT2D eigenvalue weighted by atomic mass is 10.2. The molecule has 0 radical (unpaired) electrons. The molecule has 124 valence electrons. The van der Waals surface area contributed by atoms with Crippen molar-refractivity contribution in [1.82, 2.24) is 4.98 Å². The van der Waals surface area contributed by atoms with Crippen LogP contribution in [-0.2, 0) is 4.74 Å². The van der Waals surface area contributed by atoms with Crippen molar-refractivity contribution in [3.05, 3.63) is 34.8 Å². The van der Waals surface area contributed by atoms with Crippen molar-refractivity contribution in [3.8, 4) is 11.5 Å². The Bertz CT molecular complexity index is 670. The van der Waals surface area contributed by atoms with E-state index in [1.807, 2.05) is 0 Å². The number of hydrogen-bond donors (Lipinski definition) is 1. The number of carbonyl (C=O) groups excluding carboxylic acids is 1. The van der Waals surface area contributed by atoms with Gasteiger partial charge in [0.05, 0.1) is 7.11 Å². The molecule has 1 aromatic carbocycles. The lowest BCUT2D eigenvalue weighted by molar-refractivity contribution is 0.0491. The summed E-state index contributed by atoms with van der Waals surface area (Å²) in [6.45, 7) is 4.28. The van der Waals surface area contributed by atoms with Crippen molar-refractivity contribution < 1.29 is 19.0 Å². The highest BCUT2D eigenvalue weighted by Crippen LogP contribution is 2.29. The van der Waals surface area contributed by atoms with Crippen LogP contribution in [0, 0.1) is 0 Å². The molecule has 2 rings (SSSR count). The number of nitrogens with one attached hydrogen (secondary N) is 1. The molecule has 1 amide bonds. The number of amides is 1. The van der Waals surface area contributed by atoms with Gasteiger partial charge in [0.2, 0.25) is 0 Å². The van der Waals surface area contributed by atoms with Gasteiger partial charge in [0.25, 0.3) is 5.91 Å². The number of carbonyl (C=O) groups is 1. The fourth-order valence-electron chi connectivity index (χ4n) is 1.83. The summed E-state index contributed by atoms with van der Waals surface area (Å²) in [4.78, 5) is 17.7. The van der Waals surface area contributed by atoms with Gasteiger partial charge >= 0.3 is 0 Å². The van der Waals surface area contributed by atoms with Gasteiger partial charge in [-0.3, -0.25) is 10.1 Å². The number of thiazole rings is 1. The van der Waals surface area contributed by atoms with Gasteiger partial charge in [-0.15, -0.1) is 11.3 Å². The van der Waals surface area contributed by atoms with E-state index in [2.05, 4.69) is 24.1 Å². The average molecular weight is 336 g/mol. The van der Waals surface area contributed by atoms with Crippen LogP contribution in [0.4, 0.5) is 5.13 Å². The molecule has 0 aliphatic heterocycles. The minimum absolute atomic E-state index is 0.110. The largest absolute Gasteiger partial charge is 0.493 e. The van der Waals surface area contributed by atoms with Crippen LogP contribution >= 0.6 is 11.3 Å². The summed E-state index contributed by atoms with van der Waals surface area (Å²) in [5.74, 6) is 1.13. The molecular weight excluding hydrogens is 316 g/mol. The Hall–Kier alpha value is -2.12. The van der Waals surface area contributed by atoms with E-state index in [9.17, 15) is 4.79 Å². The van der Waals surface area contributed by atoms with E-state index in [1.54, 1.807) is 24.4 Å². The maximum atomic E-state index is 12.3. The third-order valence-electron chi connectivity index (χ3n) is 3.07. The molecule has 0 bridgehead atoms. The molecule has 23 heavy (non-hydrogen) atoms. The van der Waals surface area contributed by atoms with Crippen LogP contribution in [0.3, 0.4) is 0 Å². The zero-order chi connectivity index (χ0) is 16.8. The third kappa shape index (κ3) is 4.43. The van der Waals surface area contributed by atoms with Crippen molar-refractivity contribution in [1.29, 1.82) is 0 Å². The van der Waals surface area contributed by atoms with Crippen LogP contribution in [0.15, 0.2) is 24.4 Å². The normalized spacial score (nSPS) is 10.7. The summed E-state index contributed by atoms with van der Waals surface area (Å²) in [6.07, 6.45) is 1.78. The minimum Gasteiger partial charge on any atom is -0.493 e. The van der Waals surface area contributed by atoms with E-state index in [4.69, 9.17) is 14.2 Å². The van der Waals surface area contributed by atoms with Crippen molar-refractivity contribution in [2.45, 2.75) is 19.8 Å². The fraction of sp³-hybridized carbons (Fsp3) is 0.375. The van der Waals surface area contributed by atoms with E-state index >= 15 is 0 Å². The molecule has 0 aliphatic rings. The molecule has 1 N–H and O–H groups in total. The lowest BCUT2D eigenvalue weighted by Gasteiger charge is -2.11. The molecule has 1 heterocycles. The zero-order valence-corrected chi connectivity index (χ0v) is 14.4. The summed E-state index contributed by atoms with van der Waals surface area (Å²) in [6, 6.07) is 4.96. The van der Waals surface area contributed by atoms with Gasteiger partial charge in [-0.05, 0) is 24.1 Å². The van der Waals surface area contributed by atoms with Gasteiger partial charge in [0.1, 0.15) is 0 Å². The molecule has 0 saturated heterocycles. The molecular formula is C16H20N2O4S. The van der Waals surface area contributed by atoms with Gasteiger partial charge in [0.15, 0.2) is 23.4 Å². The summed E-state index contributed by atoms with van der Waals surface area (Å²) in [7, 11) is 3.06. The number of ether oxygens (including phenoxy) is 3. The fourth-order valence-corrected chi connectivity index (χ4v) is 2.64. The van der Waals surface area contributed by atoms with E-state index in [0.717, 1.165) is 4.88 Å². The van der Waals surface area contributed by atoms with Gasteiger partial charge < -0.3 is 14.2 Å². The second-order valence-corrected chi connectivity index (χ2v) is 6.16. The summed E-state index contributed by atoms with van der Waals surface area (Å²) in [5, 5.41) is 3.38. The maximum absolute atomic E-state index is 12.3. The standard InChI is InChI=1S/C16H20N2O4S/c1-10(2)14-8-17-16(23-14)18-15(19)11-5-6-12(22-9-20-3)13(7-11)21-4/h5-8,10H,9H2,1-4H3,(H,17,18,19). The lowest BCUT2D eigenvalue weighted by Crippen LogP contribution is -2.12. The monoisotopic (exact) mass is 336 g/mol. The van der Waals surface area contributed by atoms with Crippen LogP contribution in [0.5, 0.6) is 11.5 Å². The van der Waals surface area contributed by atoms with Crippen LogP contribution in [0.25, 0.3) is 0 Å². The summed E-state index contributed by atoms with van der Waals surface area (Å²) < 4.78 is 15.5. The van der Waals surface area contributed by atoms with Crippen molar-refractivity contribution in [2.75, 3.05) is 26.3 Å². The van der Waals surface area contributed by atoms with Gasteiger partial charge in [-0.1, -0.05) is 13.8 Å². The highest BCUT2D eigenvalue weighted by atomic mass is 32.1. The van der Waals surface area contributed by atoms with Crippen molar-refractivity contribution in [3.63, 3.8) is 0 Å². The average Bonchev–Trinajstić information content (AvgIpc) is 3.01. The number of aromatic nitrogens is 1. The van der Waals surface area contributed by atoms with E-state index < -0.39 is 0 Å². The third-order valence-corrected chi connectivity index (χ3v) is 4.28. The summed E-state index contributed by atoms with van der Waals surface area (Å²) in [5.41, 5.74) is 0.466. The first-order valence-corrected chi connectivity index (χ1v) is 7.93. The van der Waals surface area contributed by atoms with Crippen LogP contribution in [-0.4, -0.2) is 31.9 Å². The van der Waals surface area contributed by atoms with Gasteiger partial charge in [-0.2, -0.15) is 0 Å². The molecule has 0 aliphatic carbocycles. The Morgan fingerprint density at radius 1 is 1.30 bits per heavy atom. The van der Waals surface area contributed by atoms with Crippen LogP contribution in [0.1, 0.15) is 35.0 Å². The number of anilines is 1. The molecule has 0 spiro atoms. The topological polar surface area (TPSA) is 69.7 Å². The summed E-state index contributed by atoms with van der Waals surface area (Å²) >= 11 is 1.47. The van der Waals surface area contributed by atoms with Crippen LogP contribution < -0.4 is 14.8 Å². The minimum atomic E-state index is -0.244. The molecule has 0 unspecified atom stereocenters. The first-order chi connectivity index (χ1) is 11.0. The maximum Gasteiger partial charge on any atom is 0.257 e. The van der Waals surface area contributed by atoms with Crippen molar-refractivity contribution in [2.24, 2.45) is 0 Å².